The van der Waals surface area contributed by atoms with Gasteiger partial charge in [-0.3, -0.25) is 59.4 Å². The Morgan fingerprint density at radius 2 is 0.472 bits per heavy atom. The molecule has 12 N–H and O–H groups in total. The van der Waals surface area contributed by atoms with Crippen LogP contribution in [0, 0.1) is 79.8 Å². The van der Waals surface area contributed by atoms with Crippen LogP contribution in [0.3, 0.4) is 0 Å². The average molecular weight is 1930 g/mol. The summed E-state index contributed by atoms with van der Waals surface area (Å²) in [7, 11) is 0. The Morgan fingerprint density at radius 3 is 0.750 bits per heavy atom. The Kier molecular flexibility index (Phi) is 24.1. The van der Waals surface area contributed by atoms with Gasteiger partial charge in [0.15, 0.2) is 69.6 Å². The summed E-state index contributed by atoms with van der Waals surface area (Å²) < 4.78 is 24.2. The molecular formula is C119H135FN18O6. The van der Waals surface area contributed by atoms with E-state index < -0.39 is 33.0 Å². The summed E-state index contributed by atoms with van der Waals surface area (Å²) in [6.45, 7) is 48.1. The molecule has 4 unspecified atom stereocenters. The summed E-state index contributed by atoms with van der Waals surface area (Å²) in [5.74, 6) is 4.33. The lowest BCUT2D eigenvalue weighted by Crippen LogP contribution is -2.42. The second-order valence-electron chi connectivity index (χ2n) is 47.3. The van der Waals surface area contributed by atoms with E-state index in [-0.39, 0.29) is 73.0 Å². The Balaban J connectivity index is 0.000000110. The van der Waals surface area contributed by atoms with Crippen LogP contribution in [0.15, 0.2) is 244 Å². The molecule has 0 saturated carbocycles. The highest BCUT2D eigenvalue weighted by Gasteiger charge is 2.57. The van der Waals surface area contributed by atoms with Crippen LogP contribution >= 0.6 is 0 Å². The van der Waals surface area contributed by atoms with Gasteiger partial charge in [0.2, 0.25) is 0 Å². The first kappa shape index (κ1) is 97.2. The molecule has 6 aromatic heterocycles. The molecule has 0 fully saturated rings. The number of Topliss-reactive ketones (excluding diaryl/α,β-unsaturated/α-hetero) is 6. The lowest BCUT2D eigenvalue weighted by atomic mass is 9.61. The van der Waals surface area contributed by atoms with Gasteiger partial charge in [-0.25, -0.2) is 4.39 Å². The number of fused-ring (bicyclic) bond motifs is 6. The zero-order valence-corrected chi connectivity index (χ0v) is 87.2. The molecule has 12 heterocycles. The number of allylic oxidation sites excluding steroid dienone is 12. The van der Waals surface area contributed by atoms with E-state index in [1.54, 1.807) is 12.1 Å². The Morgan fingerprint density at radius 1 is 0.257 bits per heavy atom. The van der Waals surface area contributed by atoms with Crippen LogP contribution < -0.4 is 31.9 Å². The Hall–Kier alpha value is -14.2. The molecule has 6 aromatic carbocycles. The monoisotopic (exact) mass is 1930 g/mol. The van der Waals surface area contributed by atoms with Crippen molar-refractivity contribution in [3.05, 3.63) is 350 Å². The van der Waals surface area contributed by atoms with Crippen LogP contribution in [-0.4, -0.2) is 95.9 Å². The topological polar surface area (TPSA) is 347 Å². The number of hydrogen-bond acceptors (Lipinski definition) is 18. The molecule has 24 rings (SSSR count). The van der Waals surface area contributed by atoms with Crippen LogP contribution in [0.2, 0.25) is 0 Å². The largest absolute Gasteiger partial charge is 0.342 e. The van der Waals surface area contributed by atoms with Gasteiger partial charge in [0.05, 0.1) is 27.1 Å². The minimum atomic E-state index is -1.22. The number of carbonyl (C=O) groups excluding carboxylic acids is 6. The first-order valence-electron chi connectivity index (χ1n) is 51.0. The van der Waals surface area contributed by atoms with Gasteiger partial charge in [-0.2, -0.15) is 30.6 Å². The number of aromatic amines is 6. The van der Waals surface area contributed by atoms with Crippen molar-refractivity contribution in [2.75, 3.05) is 31.9 Å². The van der Waals surface area contributed by atoms with Crippen LogP contribution in [-0.2, 0) is 55.8 Å². The molecule has 0 saturated heterocycles. The maximum absolute atomic E-state index is 14.8. The smallest absolute Gasteiger partial charge is 0.162 e. The number of nitrogens with zero attached hydrogens (tertiary/aromatic N) is 6. The number of anilines is 6. The lowest BCUT2D eigenvalue weighted by molar-refractivity contribution is -0.119. The van der Waals surface area contributed by atoms with Gasteiger partial charge in [-0.1, -0.05) is 253 Å². The highest BCUT2D eigenvalue weighted by Crippen LogP contribution is 2.61. The zero-order valence-electron chi connectivity index (χ0n) is 88.2. The van der Waals surface area contributed by atoms with E-state index >= 15 is 0 Å². The Labute approximate surface area is 844 Å². The molecule has 6 atom stereocenters. The normalized spacial score (nSPS) is 25.2. The van der Waals surface area contributed by atoms with Crippen molar-refractivity contribution in [3.8, 4) is 0 Å². The van der Waals surface area contributed by atoms with Crippen LogP contribution in [0.5, 0.6) is 0 Å². The second kappa shape index (κ2) is 35.7. The molecule has 0 bridgehead atoms. The van der Waals surface area contributed by atoms with Gasteiger partial charge in [0, 0.05) is 187 Å². The predicted molar refractivity (Wildman–Crippen MR) is 565 cm³/mol. The minimum absolute atomic E-state index is 0.0244. The number of aryl methyl sites for hydroxylation is 6. The molecule has 0 spiro atoms. The molecule has 0 radical (unpaired) electrons. The van der Waals surface area contributed by atoms with Crippen molar-refractivity contribution in [2.24, 2.45) is 32.5 Å². The predicted octanol–water partition coefficient (Wildman–Crippen LogP) is 24.5. The van der Waals surface area contributed by atoms with Gasteiger partial charge < -0.3 is 31.9 Å². The summed E-state index contributed by atoms with van der Waals surface area (Å²) in [4.78, 5) is 78.8. The highest BCUT2D eigenvalue weighted by atomic mass is 19.1. The number of benzene rings is 6. The molecule has 0 amide bonds. The van der Waals surface area contributed by atoms with Gasteiger partial charge in [0.25, 0.3) is 0 Å². The first-order valence-corrected chi connectivity index (χ1v) is 50.5. The van der Waals surface area contributed by atoms with Crippen molar-refractivity contribution in [3.63, 3.8) is 0 Å². The third-order valence-corrected chi connectivity index (χ3v) is 31.9. The van der Waals surface area contributed by atoms with Gasteiger partial charge in [-0.15, -0.1) is 0 Å². The van der Waals surface area contributed by atoms with Crippen LogP contribution in [0.4, 0.5) is 39.3 Å². The standard InChI is InChI=1S/C20H22FN3O.4C20H23N3O.C19H21N3O/c1-11-16-18(24-23-11)22-14-9-19(2,3)10-15(25)17(14)20(16,4)12-7-5-6-8-13(12)21;4*1-12-16-18(23-22-12)21-14-10-19(2,3)11-15(24)17(14)20(16,4)13-8-6-5-7-9-13;1-11-15-16(12-7-5-4-6-8-12)17-13(20-18(15)22-21-11)9-19(2,3)10-14(17)23/h5-8H,9-10H2,1-4H3,(H2,22,23,24);4*5-9H,10-11H2,1-4H3,(H2,21,22,23);4-8,16H,9-10H2,1-3H3,(H2,20,21,22)/t;2*20-;;;/m.10.../s1/i;;;;;16D. The van der Waals surface area contributed by atoms with E-state index in [0.717, 1.165) is 214 Å². The minimum Gasteiger partial charge on any atom is -0.342 e. The van der Waals surface area contributed by atoms with Crippen molar-refractivity contribution in [1.29, 1.82) is 0 Å². The van der Waals surface area contributed by atoms with Crippen LogP contribution in [0.1, 0.15) is 303 Å². The summed E-state index contributed by atoms with van der Waals surface area (Å²) >= 11 is 0. The van der Waals surface area contributed by atoms with E-state index in [4.69, 9.17) is 0 Å². The number of hydrogen-bond donors (Lipinski definition) is 12. The molecule has 12 aromatic rings. The molecule has 6 aliphatic heterocycles. The maximum atomic E-state index is 14.8. The number of nitrogens with one attached hydrogen (secondary N) is 12. The van der Waals surface area contributed by atoms with Gasteiger partial charge in [0.1, 0.15) is 5.82 Å². The maximum Gasteiger partial charge on any atom is 0.162 e. The summed E-state index contributed by atoms with van der Waals surface area (Å²) in [6, 6.07) is 57.6. The molecule has 12 aliphatic rings. The Bertz CT molecular complexity index is 6670. The first-order chi connectivity index (χ1) is 68.4. The number of H-pyrrole nitrogens is 6. The van der Waals surface area contributed by atoms with Crippen molar-refractivity contribution in [2.45, 2.75) is 269 Å². The fraction of sp³-hybridized carbons (Fsp3) is 0.395. The number of ketones is 6. The fourth-order valence-electron chi connectivity index (χ4n) is 26.1. The van der Waals surface area contributed by atoms with E-state index in [1.165, 1.54) is 6.07 Å². The fourth-order valence-corrected chi connectivity index (χ4v) is 26.1. The molecule has 25 heteroatoms. The summed E-state index contributed by atoms with van der Waals surface area (Å²) in [6.07, 6.45) is 8.20. The lowest BCUT2D eigenvalue weighted by Gasteiger charge is -2.43. The summed E-state index contributed by atoms with van der Waals surface area (Å²) in [5, 5.41) is 65.4. The number of carbonyl (C=O) groups is 6. The number of aromatic nitrogens is 12. The van der Waals surface area contributed by atoms with Crippen molar-refractivity contribution < 1.29 is 34.5 Å². The van der Waals surface area contributed by atoms with Crippen molar-refractivity contribution in [1.82, 2.24) is 61.2 Å². The second-order valence-corrected chi connectivity index (χ2v) is 47.3. The number of rotatable bonds is 6. The van der Waals surface area contributed by atoms with E-state index in [1.807, 2.05) is 158 Å². The summed E-state index contributed by atoms with van der Waals surface area (Å²) in [5.41, 5.74) is 25.1. The SMILES string of the molecule is Cc1[nH]nc2c1C(C)(c1ccccc1)C1=C(CC(C)(C)CC1=O)N2.Cc1[nH]nc2c1C(C)(c1ccccc1)C1=C(CC(C)(C)CC1=O)N2.Cc1[nH]nc2c1C(C)(c1ccccc1F)C1=C(CC(C)(C)CC1=O)N2.Cc1[nH]nc2c1[C@@](C)(c1ccccc1)C1=C(CC(C)(C)CC1=O)N2.Cc1[nH]nc2c1[C@](C)(c1ccccc1)C1=C(CC(C)(C)CC1=O)N2.[2H]C1(c2ccccc2)C2=C(CC(C)(C)CC2=O)Nc2n[nH]c(C)c21. The third-order valence-electron chi connectivity index (χ3n) is 31.9. The molecular weight excluding hydrogens is 1800 g/mol. The van der Waals surface area contributed by atoms with Crippen molar-refractivity contribution >= 4 is 69.6 Å². The zero-order chi connectivity index (χ0) is 104. The van der Waals surface area contributed by atoms with Crippen LogP contribution in [0.25, 0.3) is 0 Å². The molecule has 744 valence electrons. The van der Waals surface area contributed by atoms with E-state index in [2.05, 4.69) is 252 Å². The highest BCUT2D eigenvalue weighted by molar-refractivity contribution is 6.07. The molecule has 144 heavy (non-hydrogen) atoms. The van der Waals surface area contributed by atoms with Gasteiger partial charge in [-0.05, 0) is 181 Å². The van der Waals surface area contributed by atoms with E-state index in [0.29, 0.717) is 66.9 Å². The quantitative estimate of drug-likeness (QED) is 0.0736. The average Bonchev–Trinajstić information content (AvgIpc) is 1.71. The number of halogens is 1. The van der Waals surface area contributed by atoms with E-state index in [9.17, 15) is 34.5 Å². The molecule has 24 nitrogen and oxygen atoms in total. The third kappa shape index (κ3) is 16.9. The van der Waals surface area contributed by atoms with Gasteiger partial charge >= 0.3 is 0 Å². The molecule has 6 aliphatic carbocycles.